The zero-order valence-electron chi connectivity index (χ0n) is 16.6. The Bertz CT molecular complexity index is 1110. The van der Waals surface area contributed by atoms with Crippen LogP contribution in [0.2, 0.25) is 0 Å². The highest BCUT2D eigenvalue weighted by Crippen LogP contribution is 2.37. The Labute approximate surface area is 175 Å². The molecule has 0 aliphatic carbocycles. The predicted octanol–water partition coefficient (Wildman–Crippen LogP) is 5.55. The number of nitrogens with zero attached hydrogens (tertiary/aromatic N) is 2. The van der Waals surface area contributed by atoms with Crippen LogP contribution >= 0.6 is 0 Å². The van der Waals surface area contributed by atoms with E-state index in [1.807, 2.05) is 12.1 Å². The molecule has 0 unspecified atom stereocenters. The molecule has 0 atom stereocenters. The van der Waals surface area contributed by atoms with Crippen molar-refractivity contribution in [3.05, 3.63) is 96.1 Å². The summed E-state index contributed by atoms with van der Waals surface area (Å²) in [4.78, 5) is 4.50. The van der Waals surface area contributed by atoms with Gasteiger partial charge in [-0.1, -0.05) is 36.4 Å². The smallest absolute Gasteiger partial charge is 0.161 e. The van der Waals surface area contributed by atoms with E-state index >= 15 is 0 Å². The largest absolute Gasteiger partial charge is 0.473 e. The Morgan fingerprint density at radius 1 is 0.533 bits per heavy atom. The predicted molar refractivity (Wildman–Crippen MR) is 120 cm³/mol. The number of hydrogen-bond acceptors (Lipinski definition) is 4. The SMILES string of the molecule is c1ccc(N2COc3cc4cc5c(cc4cc3C2)OCN(c2ccccc2)C5)cc1. The van der Waals surface area contributed by atoms with Crippen LogP contribution in [0.15, 0.2) is 84.9 Å². The molecule has 6 rings (SSSR count). The molecule has 4 nitrogen and oxygen atoms in total. The van der Waals surface area contributed by atoms with Crippen LogP contribution in [-0.4, -0.2) is 13.5 Å². The first kappa shape index (κ1) is 17.2. The fourth-order valence-corrected chi connectivity index (χ4v) is 4.32. The van der Waals surface area contributed by atoms with Crippen molar-refractivity contribution in [1.29, 1.82) is 0 Å². The molecule has 148 valence electrons. The molecule has 4 aromatic rings. The summed E-state index contributed by atoms with van der Waals surface area (Å²) in [6.07, 6.45) is 0. The Balaban J connectivity index is 1.32. The van der Waals surface area contributed by atoms with E-state index in [2.05, 4.69) is 82.6 Å². The second-order valence-electron chi connectivity index (χ2n) is 7.88. The molecule has 0 bridgehead atoms. The number of fused-ring (bicyclic) bond motifs is 3. The average molecular weight is 394 g/mol. The highest BCUT2D eigenvalue weighted by molar-refractivity contribution is 5.88. The molecule has 0 N–H and O–H groups in total. The Kier molecular flexibility index (Phi) is 4.01. The third-order valence-electron chi connectivity index (χ3n) is 5.92. The number of para-hydroxylation sites is 2. The summed E-state index contributed by atoms with van der Waals surface area (Å²) in [6.45, 7) is 2.82. The van der Waals surface area contributed by atoms with Gasteiger partial charge in [-0.15, -0.1) is 0 Å². The summed E-state index contributed by atoms with van der Waals surface area (Å²) in [5, 5.41) is 2.39. The molecule has 0 amide bonds. The minimum Gasteiger partial charge on any atom is -0.473 e. The Hall–Kier alpha value is -3.66. The van der Waals surface area contributed by atoms with Crippen molar-refractivity contribution in [3.8, 4) is 11.5 Å². The van der Waals surface area contributed by atoms with Gasteiger partial charge in [-0.3, -0.25) is 0 Å². The summed E-state index contributed by atoms with van der Waals surface area (Å²) >= 11 is 0. The third kappa shape index (κ3) is 3.01. The second kappa shape index (κ2) is 6.99. The fourth-order valence-electron chi connectivity index (χ4n) is 4.32. The zero-order valence-corrected chi connectivity index (χ0v) is 16.6. The van der Waals surface area contributed by atoms with E-state index in [1.54, 1.807) is 0 Å². The van der Waals surface area contributed by atoms with Gasteiger partial charge < -0.3 is 19.3 Å². The van der Waals surface area contributed by atoms with Gasteiger partial charge in [0.05, 0.1) is 0 Å². The molecular weight excluding hydrogens is 372 g/mol. The van der Waals surface area contributed by atoms with Crippen LogP contribution < -0.4 is 19.3 Å². The molecule has 0 spiro atoms. The quantitative estimate of drug-likeness (QED) is 0.445. The molecule has 2 heterocycles. The molecule has 30 heavy (non-hydrogen) atoms. The lowest BCUT2D eigenvalue weighted by molar-refractivity contribution is 0.288. The van der Waals surface area contributed by atoms with Crippen LogP contribution in [0, 0.1) is 0 Å². The number of hydrogen-bond donors (Lipinski definition) is 0. The van der Waals surface area contributed by atoms with E-state index in [0.29, 0.717) is 13.5 Å². The van der Waals surface area contributed by atoms with Crippen LogP contribution in [0.3, 0.4) is 0 Å². The topological polar surface area (TPSA) is 24.9 Å². The van der Waals surface area contributed by atoms with Crippen LogP contribution in [0.1, 0.15) is 11.1 Å². The minimum atomic E-state index is 0.568. The van der Waals surface area contributed by atoms with Gasteiger partial charge in [0, 0.05) is 35.6 Å². The number of rotatable bonds is 2. The van der Waals surface area contributed by atoms with Gasteiger partial charge in [0.1, 0.15) is 11.5 Å². The lowest BCUT2D eigenvalue weighted by Gasteiger charge is -2.32. The first-order valence-electron chi connectivity index (χ1n) is 10.3. The molecule has 0 saturated heterocycles. The minimum absolute atomic E-state index is 0.568. The lowest BCUT2D eigenvalue weighted by atomic mass is 10.0. The van der Waals surface area contributed by atoms with Crippen molar-refractivity contribution in [3.63, 3.8) is 0 Å². The van der Waals surface area contributed by atoms with Gasteiger partial charge in [-0.25, -0.2) is 0 Å². The summed E-state index contributed by atoms with van der Waals surface area (Å²) < 4.78 is 12.2. The maximum absolute atomic E-state index is 6.12. The van der Waals surface area contributed by atoms with Crippen LogP contribution in [0.4, 0.5) is 11.4 Å². The lowest BCUT2D eigenvalue weighted by Crippen LogP contribution is -2.32. The van der Waals surface area contributed by atoms with Crippen molar-refractivity contribution < 1.29 is 9.47 Å². The zero-order chi connectivity index (χ0) is 19.9. The van der Waals surface area contributed by atoms with Crippen molar-refractivity contribution in [2.45, 2.75) is 13.1 Å². The summed E-state index contributed by atoms with van der Waals surface area (Å²) in [6, 6.07) is 29.7. The summed E-state index contributed by atoms with van der Waals surface area (Å²) in [5.41, 5.74) is 4.77. The van der Waals surface area contributed by atoms with Crippen molar-refractivity contribution in [2.75, 3.05) is 23.3 Å². The highest BCUT2D eigenvalue weighted by atomic mass is 16.5. The van der Waals surface area contributed by atoms with E-state index in [0.717, 1.165) is 24.6 Å². The van der Waals surface area contributed by atoms with Gasteiger partial charge in [0.2, 0.25) is 0 Å². The van der Waals surface area contributed by atoms with E-state index in [4.69, 9.17) is 9.47 Å². The first-order chi connectivity index (χ1) is 14.8. The molecule has 0 aromatic heterocycles. The molecule has 2 aliphatic rings. The Morgan fingerprint density at radius 3 is 1.40 bits per heavy atom. The van der Waals surface area contributed by atoms with Crippen LogP contribution in [0.25, 0.3) is 10.8 Å². The third-order valence-corrected chi connectivity index (χ3v) is 5.92. The summed E-state index contributed by atoms with van der Waals surface area (Å²) in [7, 11) is 0. The molecule has 0 saturated carbocycles. The standard InChI is InChI=1S/C26H22N2O2/c1-3-7-23(8-4-1)27-15-21-11-19-14-26-22(12-20(19)13-25(21)29-17-27)16-28(18-30-26)24-9-5-2-6-10-24/h1-14H,15-18H2. The van der Waals surface area contributed by atoms with E-state index in [9.17, 15) is 0 Å². The van der Waals surface area contributed by atoms with Gasteiger partial charge >= 0.3 is 0 Å². The molecule has 0 radical (unpaired) electrons. The van der Waals surface area contributed by atoms with Gasteiger partial charge in [-0.2, -0.15) is 0 Å². The van der Waals surface area contributed by atoms with Crippen molar-refractivity contribution in [1.82, 2.24) is 0 Å². The normalized spacial score (nSPS) is 15.2. The molecule has 4 heteroatoms. The monoisotopic (exact) mass is 394 g/mol. The van der Waals surface area contributed by atoms with E-state index < -0.39 is 0 Å². The first-order valence-corrected chi connectivity index (χ1v) is 10.3. The number of ether oxygens (including phenoxy) is 2. The maximum Gasteiger partial charge on any atom is 0.161 e. The fraction of sp³-hybridized carbons (Fsp3) is 0.154. The van der Waals surface area contributed by atoms with Gasteiger partial charge in [0.15, 0.2) is 13.5 Å². The van der Waals surface area contributed by atoms with Crippen molar-refractivity contribution >= 4 is 22.1 Å². The van der Waals surface area contributed by atoms with Gasteiger partial charge in [0.25, 0.3) is 0 Å². The average Bonchev–Trinajstić information content (AvgIpc) is 2.82. The van der Waals surface area contributed by atoms with Crippen LogP contribution in [0.5, 0.6) is 11.5 Å². The Morgan fingerprint density at radius 2 is 0.967 bits per heavy atom. The summed E-state index contributed by atoms with van der Waals surface area (Å²) in [5.74, 6) is 1.96. The van der Waals surface area contributed by atoms with E-state index in [1.165, 1.54) is 33.3 Å². The van der Waals surface area contributed by atoms with E-state index in [-0.39, 0.29) is 0 Å². The number of anilines is 2. The van der Waals surface area contributed by atoms with Crippen molar-refractivity contribution in [2.24, 2.45) is 0 Å². The highest BCUT2D eigenvalue weighted by Gasteiger charge is 2.21. The maximum atomic E-state index is 6.12. The molecular formula is C26H22N2O2. The van der Waals surface area contributed by atoms with Gasteiger partial charge in [-0.05, 0) is 59.3 Å². The molecule has 2 aliphatic heterocycles. The molecule has 0 fully saturated rings. The second-order valence-corrected chi connectivity index (χ2v) is 7.88. The van der Waals surface area contributed by atoms with Crippen LogP contribution in [-0.2, 0) is 13.1 Å². The molecule has 4 aromatic carbocycles. The number of benzene rings is 4.